The predicted octanol–water partition coefficient (Wildman–Crippen LogP) is 2.44. The Morgan fingerprint density at radius 2 is 2.15 bits per heavy atom. The fraction of sp³-hybridized carbons (Fsp3) is 0.350. The Kier molecular flexibility index (Phi) is 6.49. The van der Waals surface area contributed by atoms with Gasteiger partial charge in [-0.15, -0.1) is 0 Å². The first-order chi connectivity index (χ1) is 16.2. The second kappa shape index (κ2) is 9.51. The van der Waals surface area contributed by atoms with Crippen LogP contribution in [0.2, 0.25) is 0 Å². The number of hydrogen-bond donors (Lipinski definition) is 3. The highest BCUT2D eigenvalue weighted by atomic mass is 19.4. The first-order valence-electron chi connectivity index (χ1n) is 10.2. The van der Waals surface area contributed by atoms with Crippen LogP contribution in [0.15, 0.2) is 35.2 Å². The van der Waals surface area contributed by atoms with E-state index in [0.717, 1.165) is 19.1 Å². The normalized spacial score (nSPS) is 15.9. The third-order valence-electron chi connectivity index (χ3n) is 4.87. The Bertz CT molecular complexity index is 1190. The zero-order chi connectivity index (χ0) is 24.3. The van der Waals surface area contributed by atoms with Gasteiger partial charge in [0, 0.05) is 24.6 Å². The Balaban J connectivity index is 1.47. The maximum absolute atomic E-state index is 12.7. The lowest BCUT2D eigenvalue weighted by Crippen LogP contribution is -2.21. The Morgan fingerprint density at radius 1 is 1.32 bits per heavy atom. The number of pyridine rings is 1. The van der Waals surface area contributed by atoms with Gasteiger partial charge in [0.1, 0.15) is 18.6 Å². The Hall–Kier alpha value is -3.94. The topological polar surface area (TPSA) is 150 Å². The largest absolute Gasteiger partial charge is 0.444 e. The molecule has 0 saturated carbocycles. The van der Waals surface area contributed by atoms with Crippen molar-refractivity contribution in [2.75, 3.05) is 23.8 Å². The maximum Gasteiger partial charge on any atom is 0.405 e. The summed E-state index contributed by atoms with van der Waals surface area (Å²) in [6.45, 7) is -0.202. The van der Waals surface area contributed by atoms with Crippen LogP contribution in [-0.2, 0) is 11.3 Å². The third kappa shape index (κ3) is 5.70. The minimum absolute atomic E-state index is 0.00758. The lowest BCUT2D eigenvalue weighted by Gasteiger charge is -2.08. The van der Waals surface area contributed by atoms with Gasteiger partial charge in [0.25, 0.3) is 11.8 Å². The molecule has 1 aliphatic heterocycles. The maximum atomic E-state index is 12.7. The molecule has 0 radical (unpaired) electrons. The summed E-state index contributed by atoms with van der Waals surface area (Å²) >= 11 is 0. The minimum atomic E-state index is -4.41. The number of aromatic nitrogens is 4. The number of halogens is 3. The highest BCUT2D eigenvalue weighted by molar-refractivity contribution is 6.07. The zero-order valence-corrected chi connectivity index (χ0v) is 17.6. The molecule has 1 aliphatic rings. The summed E-state index contributed by atoms with van der Waals surface area (Å²) < 4.78 is 49.6. The van der Waals surface area contributed by atoms with Crippen molar-refractivity contribution in [2.45, 2.75) is 31.7 Å². The Morgan fingerprint density at radius 3 is 2.85 bits per heavy atom. The molecule has 0 spiro atoms. The van der Waals surface area contributed by atoms with E-state index in [9.17, 15) is 22.8 Å². The molecular weight excluding hydrogens is 459 g/mol. The first kappa shape index (κ1) is 23.2. The van der Waals surface area contributed by atoms with E-state index < -0.39 is 24.5 Å². The summed E-state index contributed by atoms with van der Waals surface area (Å²) in [6, 6.07) is 2.77. The van der Waals surface area contributed by atoms with Crippen LogP contribution >= 0.6 is 0 Å². The average Bonchev–Trinajstić information content (AvgIpc) is 3.53. The van der Waals surface area contributed by atoms with Crippen molar-refractivity contribution in [1.29, 1.82) is 0 Å². The van der Waals surface area contributed by atoms with Crippen molar-refractivity contribution in [3.63, 3.8) is 0 Å². The number of oxazole rings is 1. The summed E-state index contributed by atoms with van der Waals surface area (Å²) in [4.78, 5) is 32.3. The van der Waals surface area contributed by atoms with Gasteiger partial charge in [-0.3, -0.25) is 14.3 Å². The number of primary amides is 1. The summed E-state index contributed by atoms with van der Waals surface area (Å²) in [5.41, 5.74) is 5.54. The molecule has 3 aromatic rings. The zero-order valence-electron chi connectivity index (χ0n) is 17.6. The molecule has 0 aromatic carbocycles. The summed E-state index contributed by atoms with van der Waals surface area (Å²) in [7, 11) is 0. The van der Waals surface area contributed by atoms with Gasteiger partial charge in [-0.25, -0.2) is 9.97 Å². The standard InChI is InChI=1S/C20H20F3N7O4/c21-20(22,23)10-26-15-6-11(3-4-25-15)19-28-14(9-34-19)18(32)27-13-8-30(29-16(13)17(24)31)7-12-2-1-5-33-12/h3-4,6,8-9,12H,1-2,5,7,10H2,(H2,24,31)(H,25,26)(H,27,32). The van der Waals surface area contributed by atoms with Gasteiger partial charge < -0.3 is 25.5 Å². The van der Waals surface area contributed by atoms with Crippen molar-refractivity contribution < 1.29 is 31.9 Å². The number of nitrogens with two attached hydrogens (primary N) is 1. The second-order valence-electron chi connectivity index (χ2n) is 7.50. The number of rotatable bonds is 8. The van der Waals surface area contributed by atoms with Crippen LogP contribution in [0.25, 0.3) is 11.5 Å². The molecule has 1 atom stereocenters. The van der Waals surface area contributed by atoms with E-state index >= 15 is 0 Å². The van der Waals surface area contributed by atoms with E-state index in [-0.39, 0.29) is 34.9 Å². The smallest absolute Gasteiger partial charge is 0.405 e. The van der Waals surface area contributed by atoms with Crippen LogP contribution in [0, 0.1) is 0 Å². The molecule has 1 unspecified atom stereocenters. The molecule has 4 N–H and O–H groups in total. The van der Waals surface area contributed by atoms with E-state index in [1.807, 2.05) is 0 Å². The van der Waals surface area contributed by atoms with Gasteiger partial charge in [0.2, 0.25) is 5.89 Å². The molecule has 4 rings (SSSR count). The van der Waals surface area contributed by atoms with Gasteiger partial charge in [-0.05, 0) is 25.0 Å². The third-order valence-corrected chi connectivity index (χ3v) is 4.87. The number of nitrogens with one attached hydrogen (secondary N) is 2. The minimum Gasteiger partial charge on any atom is -0.444 e. The van der Waals surface area contributed by atoms with Gasteiger partial charge >= 0.3 is 6.18 Å². The monoisotopic (exact) mass is 479 g/mol. The van der Waals surface area contributed by atoms with Gasteiger partial charge in [0.15, 0.2) is 11.4 Å². The summed E-state index contributed by atoms with van der Waals surface area (Å²) in [6.07, 6.45) is 1.17. The molecule has 0 aliphatic carbocycles. The van der Waals surface area contributed by atoms with Crippen LogP contribution in [0.3, 0.4) is 0 Å². The van der Waals surface area contributed by atoms with E-state index in [4.69, 9.17) is 14.9 Å². The molecule has 1 saturated heterocycles. The summed E-state index contributed by atoms with van der Waals surface area (Å²) in [5, 5.41) is 8.81. The SMILES string of the molecule is NC(=O)c1nn(CC2CCCO2)cc1NC(=O)c1coc(-c2ccnc(NCC(F)(F)F)c2)n1. The number of carbonyl (C=O) groups excluding carboxylic acids is 2. The van der Waals surface area contributed by atoms with Gasteiger partial charge in [0.05, 0.1) is 18.3 Å². The highest BCUT2D eigenvalue weighted by Crippen LogP contribution is 2.23. The molecule has 34 heavy (non-hydrogen) atoms. The van der Waals surface area contributed by atoms with E-state index in [1.54, 1.807) is 0 Å². The number of alkyl halides is 3. The lowest BCUT2D eigenvalue weighted by molar-refractivity contribution is -0.115. The fourth-order valence-corrected chi connectivity index (χ4v) is 3.33. The van der Waals surface area contributed by atoms with Crippen LogP contribution in [0.4, 0.5) is 24.7 Å². The predicted molar refractivity (Wildman–Crippen MR) is 112 cm³/mol. The van der Waals surface area contributed by atoms with E-state index in [0.29, 0.717) is 18.7 Å². The van der Waals surface area contributed by atoms with Crippen molar-refractivity contribution >= 4 is 23.3 Å². The van der Waals surface area contributed by atoms with Crippen molar-refractivity contribution in [3.05, 3.63) is 42.2 Å². The number of hydrogen-bond acceptors (Lipinski definition) is 8. The number of ether oxygens (including phenoxy) is 1. The molecule has 2 amide bonds. The van der Waals surface area contributed by atoms with Crippen molar-refractivity contribution in [3.8, 4) is 11.5 Å². The molecule has 0 bridgehead atoms. The molecule has 3 aromatic heterocycles. The van der Waals surface area contributed by atoms with Crippen LogP contribution in [-0.4, -0.2) is 57.0 Å². The molecule has 180 valence electrons. The number of anilines is 2. The average molecular weight is 479 g/mol. The highest BCUT2D eigenvalue weighted by Gasteiger charge is 2.27. The van der Waals surface area contributed by atoms with Crippen LogP contribution in [0.5, 0.6) is 0 Å². The van der Waals surface area contributed by atoms with Crippen LogP contribution < -0.4 is 16.4 Å². The van der Waals surface area contributed by atoms with E-state index in [2.05, 4.69) is 25.7 Å². The summed E-state index contributed by atoms with van der Waals surface area (Å²) in [5.74, 6) is -1.56. The van der Waals surface area contributed by atoms with Crippen molar-refractivity contribution in [2.24, 2.45) is 5.73 Å². The Labute approximate surface area is 190 Å². The lowest BCUT2D eigenvalue weighted by atomic mass is 10.2. The quantitative estimate of drug-likeness (QED) is 0.446. The molecular formula is C20H20F3N7O4. The molecule has 14 heteroatoms. The van der Waals surface area contributed by atoms with Crippen molar-refractivity contribution in [1.82, 2.24) is 19.7 Å². The number of nitrogens with zero attached hydrogens (tertiary/aromatic N) is 4. The van der Waals surface area contributed by atoms with Gasteiger partial charge in [-0.2, -0.15) is 18.3 Å². The van der Waals surface area contributed by atoms with Gasteiger partial charge in [-0.1, -0.05) is 0 Å². The fourth-order valence-electron chi connectivity index (χ4n) is 3.33. The molecule has 1 fully saturated rings. The number of amides is 2. The first-order valence-corrected chi connectivity index (χ1v) is 10.2. The second-order valence-corrected chi connectivity index (χ2v) is 7.50. The molecule has 11 nitrogen and oxygen atoms in total. The number of carbonyl (C=O) groups is 2. The molecule has 4 heterocycles. The van der Waals surface area contributed by atoms with E-state index in [1.165, 1.54) is 29.2 Å². The van der Waals surface area contributed by atoms with Crippen LogP contribution in [0.1, 0.15) is 33.8 Å².